The maximum absolute atomic E-state index is 12.6. The van der Waals surface area contributed by atoms with E-state index < -0.39 is 5.97 Å². The highest BCUT2D eigenvalue weighted by molar-refractivity contribution is 6.32. The van der Waals surface area contributed by atoms with Crippen molar-refractivity contribution in [1.82, 2.24) is 0 Å². The average molecular weight is 424 g/mol. The number of carbonyl (C=O) groups is 2. The van der Waals surface area contributed by atoms with Crippen molar-refractivity contribution in [2.24, 2.45) is 0 Å². The zero-order valence-corrected chi connectivity index (χ0v) is 17.1. The molecule has 3 aromatic carbocycles. The van der Waals surface area contributed by atoms with Crippen LogP contribution in [0, 0.1) is 6.92 Å². The van der Waals surface area contributed by atoms with Gasteiger partial charge in [-0.05, 0) is 55.5 Å². The summed E-state index contributed by atoms with van der Waals surface area (Å²) in [5, 5.41) is 0.281. The average Bonchev–Trinajstić information content (AvgIpc) is 3.23. The van der Waals surface area contributed by atoms with Crippen LogP contribution in [0.25, 0.3) is 0 Å². The Morgan fingerprint density at radius 1 is 0.967 bits per heavy atom. The van der Waals surface area contributed by atoms with Crippen LogP contribution in [0.2, 0.25) is 5.02 Å². The summed E-state index contributed by atoms with van der Waals surface area (Å²) in [5.41, 5.74) is 2.61. The number of nitrogens with zero attached hydrogens (tertiary/aromatic N) is 1. The third kappa shape index (κ3) is 3.95. The number of carbonyl (C=O) groups excluding carboxylic acids is 2. The van der Waals surface area contributed by atoms with E-state index in [1.54, 1.807) is 43.4 Å². The Morgan fingerprint density at radius 3 is 2.37 bits per heavy atom. The first-order chi connectivity index (χ1) is 14.4. The molecule has 0 bridgehead atoms. The Morgan fingerprint density at radius 2 is 1.67 bits per heavy atom. The van der Waals surface area contributed by atoms with Gasteiger partial charge in [-0.2, -0.15) is 0 Å². The molecular weight excluding hydrogens is 406 g/mol. The van der Waals surface area contributed by atoms with E-state index in [2.05, 4.69) is 0 Å². The summed E-state index contributed by atoms with van der Waals surface area (Å²) < 4.78 is 15.9. The minimum Gasteiger partial charge on any atom is -0.454 e. The number of halogens is 1. The van der Waals surface area contributed by atoms with Crippen LogP contribution in [0.5, 0.6) is 17.2 Å². The van der Waals surface area contributed by atoms with Gasteiger partial charge < -0.3 is 19.1 Å². The molecule has 0 spiro atoms. The Bertz CT molecular complexity index is 1110. The van der Waals surface area contributed by atoms with Gasteiger partial charge in [-0.25, -0.2) is 4.79 Å². The molecule has 30 heavy (non-hydrogen) atoms. The fraction of sp³-hybridized carbons (Fsp3) is 0.130. The first kappa shape index (κ1) is 19.8. The van der Waals surface area contributed by atoms with E-state index in [0.29, 0.717) is 28.5 Å². The summed E-state index contributed by atoms with van der Waals surface area (Å²) in [5.74, 6) is 0.454. The lowest BCUT2D eigenvalue weighted by molar-refractivity contribution is 0.0734. The van der Waals surface area contributed by atoms with Crippen LogP contribution < -0.4 is 19.1 Å². The van der Waals surface area contributed by atoms with Crippen LogP contribution >= 0.6 is 11.6 Å². The summed E-state index contributed by atoms with van der Waals surface area (Å²) in [6, 6.07) is 17.0. The number of benzene rings is 3. The smallest absolute Gasteiger partial charge is 0.343 e. The number of hydrogen-bond acceptors (Lipinski definition) is 5. The van der Waals surface area contributed by atoms with E-state index >= 15 is 0 Å². The molecular formula is C23H18ClNO5. The van der Waals surface area contributed by atoms with E-state index in [4.69, 9.17) is 25.8 Å². The van der Waals surface area contributed by atoms with Gasteiger partial charge >= 0.3 is 5.97 Å². The predicted molar refractivity (Wildman–Crippen MR) is 113 cm³/mol. The topological polar surface area (TPSA) is 65.1 Å². The van der Waals surface area contributed by atoms with Crippen molar-refractivity contribution in [3.8, 4) is 17.2 Å². The van der Waals surface area contributed by atoms with Gasteiger partial charge in [0.15, 0.2) is 11.5 Å². The van der Waals surface area contributed by atoms with Gasteiger partial charge in [-0.1, -0.05) is 29.3 Å². The molecule has 1 aliphatic rings. The molecule has 0 saturated carbocycles. The van der Waals surface area contributed by atoms with Crippen LogP contribution in [0.3, 0.4) is 0 Å². The molecule has 0 saturated heterocycles. The highest BCUT2D eigenvalue weighted by Gasteiger charge is 2.22. The second kappa shape index (κ2) is 8.08. The predicted octanol–water partition coefficient (Wildman–Crippen LogP) is 4.87. The molecule has 1 amide bonds. The molecule has 0 aromatic heterocycles. The molecule has 0 fully saturated rings. The Balaban J connectivity index is 1.46. The van der Waals surface area contributed by atoms with E-state index in [-0.39, 0.29) is 23.3 Å². The van der Waals surface area contributed by atoms with Crippen molar-refractivity contribution >= 4 is 29.2 Å². The molecule has 0 aliphatic carbocycles. The third-order valence-corrected chi connectivity index (χ3v) is 4.98. The molecule has 0 unspecified atom stereocenters. The molecule has 4 rings (SSSR count). The molecule has 0 radical (unpaired) electrons. The van der Waals surface area contributed by atoms with E-state index in [9.17, 15) is 9.59 Å². The second-order valence-electron chi connectivity index (χ2n) is 6.81. The van der Waals surface area contributed by atoms with Crippen molar-refractivity contribution in [2.75, 3.05) is 18.7 Å². The van der Waals surface area contributed by atoms with Gasteiger partial charge in [0.2, 0.25) is 6.79 Å². The molecule has 7 heteroatoms. The zero-order chi connectivity index (χ0) is 21.3. The van der Waals surface area contributed by atoms with Gasteiger partial charge in [-0.15, -0.1) is 0 Å². The minimum atomic E-state index is -0.577. The molecule has 6 nitrogen and oxygen atoms in total. The molecule has 152 valence electrons. The van der Waals surface area contributed by atoms with Gasteiger partial charge in [-0.3, -0.25) is 4.79 Å². The maximum Gasteiger partial charge on any atom is 0.343 e. The van der Waals surface area contributed by atoms with Gasteiger partial charge in [0.1, 0.15) is 5.75 Å². The monoisotopic (exact) mass is 423 g/mol. The Labute approximate surface area is 178 Å². The molecule has 0 N–H and O–H groups in total. The number of ether oxygens (including phenoxy) is 3. The largest absolute Gasteiger partial charge is 0.454 e. The summed E-state index contributed by atoms with van der Waals surface area (Å²) in [7, 11) is 1.69. The number of amides is 1. The quantitative estimate of drug-likeness (QED) is 0.442. The van der Waals surface area contributed by atoms with E-state index in [1.807, 2.05) is 19.1 Å². The zero-order valence-electron chi connectivity index (χ0n) is 16.3. The highest BCUT2D eigenvalue weighted by Crippen LogP contribution is 2.40. The van der Waals surface area contributed by atoms with Crippen LogP contribution in [0.15, 0.2) is 60.7 Å². The van der Waals surface area contributed by atoms with Gasteiger partial charge in [0.05, 0.1) is 10.6 Å². The Hall–Kier alpha value is -3.51. The standard InChI is InChI=1S/C23H18ClNO5/c1-14-3-5-15(6-4-14)22(26)25(2)17-7-9-18(10-8-17)30-23(27)16-11-19(24)21-20(12-16)28-13-29-21/h3-12H,13H2,1-2H3. The lowest BCUT2D eigenvalue weighted by Gasteiger charge is -2.18. The number of rotatable bonds is 4. The molecule has 1 heterocycles. The summed E-state index contributed by atoms with van der Waals surface area (Å²) in [4.78, 5) is 26.6. The van der Waals surface area contributed by atoms with Crippen molar-refractivity contribution in [3.05, 3.63) is 82.4 Å². The van der Waals surface area contributed by atoms with Crippen molar-refractivity contribution in [3.63, 3.8) is 0 Å². The first-order valence-corrected chi connectivity index (χ1v) is 9.56. The second-order valence-corrected chi connectivity index (χ2v) is 7.21. The molecule has 1 aliphatic heterocycles. The van der Waals surface area contributed by atoms with Crippen molar-refractivity contribution < 1.29 is 23.8 Å². The lowest BCUT2D eigenvalue weighted by Crippen LogP contribution is -2.26. The summed E-state index contributed by atoms with van der Waals surface area (Å²) >= 11 is 6.12. The maximum atomic E-state index is 12.6. The van der Waals surface area contributed by atoms with E-state index in [0.717, 1.165) is 5.56 Å². The summed E-state index contributed by atoms with van der Waals surface area (Å²) in [6.07, 6.45) is 0. The fourth-order valence-electron chi connectivity index (χ4n) is 3.00. The molecule has 0 atom stereocenters. The van der Waals surface area contributed by atoms with Crippen molar-refractivity contribution in [2.45, 2.75) is 6.92 Å². The number of fused-ring (bicyclic) bond motifs is 1. The van der Waals surface area contributed by atoms with Crippen molar-refractivity contribution in [1.29, 1.82) is 0 Å². The number of hydrogen-bond donors (Lipinski definition) is 0. The number of esters is 1. The minimum absolute atomic E-state index is 0.0594. The van der Waals surface area contributed by atoms with Gasteiger partial charge in [0.25, 0.3) is 5.91 Å². The normalized spacial score (nSPS) is 11.8. The van der Waals surface area contributed by atoms with Crippen LogP contribution in [0.1, 0.15) is 26.3 Å². The van der Waals surface area contributed by atoms with Crippen LogP contribution in [-0.4, -0.2) is 25.7 Å². The summed E-state index contributed by atoms with van der Waals surface area (Å²) in [6.45, 7) is 2.03. The third-order valence-electron chi connectivity index (χ3n) is 4.70. The van der Waals surface area contributed by atoms with Gasteiger partial charge in [0, 0.05) is 18.3 Å². The number of aryl methyl sites for hydroxylation is 1. The molecule has 3 aromatic rings. The first-order valence-electron chi connectivity index (χ1n) is 9.18. The van der Waals surface area contributed by atoms with Crippen LogP contribution in [0.4, 0.5) is 5.69 Å². The Kier molecular flexibility index (Phi) is 5.33. The van der Waals surface area contributed by atoms with Crippen LogP contribution in [-0.2, 0) is 0 Å². The fourth-order valence-corrected chi connectivity index (χ4v) is 3.26. The highest BCUT2D eigenvalue weighted by atomic mass is 35.5. The SMILES string of the molecule is Cc1ccc(C(=O)N(C)c2ccc(OC(=O)c3cc(Cl)c4c(c3)OCO4)cc2)cc1. The van der Waals surface area contributed by atoms with E-state index in [1.165, 1.54) is 17.0 Å². The lowest BCUT2D eigenvalue weighted by atomic mass is 10.1. The number of anilines is 1.